The van der Waals surface area contributed by atoms with Crippen molar-refractivity contribution >= 4 is 11.8 Å². The van der Waals surface area contributed by atoms with Crippen LogP contribution in [0.4, 0.5) is 8.78 Å². The molecule has 2 heterocycles. The minimum Gasteiger partial charge on any atom is -0.417 e. The van der Waals surface area contributed by atoms with E-state index < -0.39 is 23.4 Å². The number of nitrogens with zero attached hydrogens (tertiary/aromatic N) is 4. The zero-order valence-corrected chi connectivity index (χ0v) is 12.8. The quantitative estimate of drug-likeness (QED) is 0.825. The summed E-state index contributed by atoms with van der Waals surface area (Å²) in [7, 11) is 0. The third-order valence-electron chi connectivity index (χ3n) is 3.73. The number of hydrogen-bond acceptors (Lipinski definition) is 5. The van der Waals surface area contributed by atoms with Crippen molar-refractivity contribution in [2.45, 2.75) is 6.92 Å². The van der Waals surface area contributed by atoms with Crippen LogP contribution in [0.5, 0.6) is 0 Å². The SMILES string of the molecule is Cc1nnc(C(=O)N2CCN(C(=O)c3ccc(F)c(F)c3)CC2)o1. The second kappa shape index (κ2) is 6.34. The van der Waals surface area contributed by atoms with Crippen molar-refractivity contribution in [2.75, 3.05) is 26.2 Å². The standard InChI is InChI=1S/C15H14F2N4O3/c1-9-18-19-13(24-9)15(23)21-6-4-20(5-7-21)14(22)10-2-3-11(16)12(17)8-10/h2-3,8H,4-7H2,1H3. The highest BCUT2D eigenvalue weighted by atomic mass is 19.2. The van der Waals surface area contributed by atoms with Gasteiger partial charge in [-0.2, -0.15) is 0 Å². The Morgan fingerprint density at radius 1 is 1.00 bits per heavy atom. The summed E-state index contributed by atoms with van der Waals surface area (Å²) in [6.07, 6.45) is 0. The Balaban J connectivity index is 1.63. The molecule has 0 bridgehead atoms. The third kappa shape index (κ3) is 3.10. The number of hydrogen-bond donors (Lipinski definition) is 0. The lowest BCUT2D eigenvalue weighted by Crippen LogP contribution is -2.50. The van der Waals surface area contributed by atoms with Gasteiger partial charge >= 0.3 is 11.8 Å². The van der Waals surface area contributed by atoms with E-state index in [0.29, 0.717) is 5.89 Å². The smallest absolute Gasteiger partial charge is 0.311 e. The van der Waals surface area contributed by atoms with Crippen molar-refractivity contribution in [1.29, 1.82) is 0 Å². The lowest BCUT2D eigenvalue weighted by atomic mass is 10.1. The van der Waals surface area contributed by atoms with Gasteiger partial charge in [0.1, 0.15) is 0 Å². The molecule has 0 atom stereocenters. The summed E-state index contributed by atoms with van der Waals surface area (Å²) in [5.74, 6) is -2.67. The van der Waals surface area contributed by atoms with Gasteiger partial charge in [0.15, 0.2) is 11.6 Å². The fraction of sp³-hybridized carbons (Fsp3) is 0.333. The van der Waals surface area contributed by atoms with Gasteiger partial charge in [0.05, 0.1) is 0 Å². The number of aryl methyl sites for hydroxylation is 1. The lowest BCUT2D eigenvalue weighted by Gasteiger charge is -2.34. The number of benzene rings is 1. The maximum atomic E-state index is 13.2. The Kier molecular flexibility index (Phi) is 4.24. The maximum absolute atomic E-state index is 13.2. The van der Waals surface area contributed by atoms with E-state index in [4.69, 9.17) is 4.42 Å². The zero-order chi connectivity index (χ0) is 17.3. The van der Waals surface area contributed by atoms with E-state index in [9.17, 15) is 18.4 Å². The van der Waals surface area contributed by atoms with Crippen LogP contribution in [-0.4, -0.2) is 58.0 Å². The van der Waals surface area contributed by atoms with E-state index in [0.717, 1.165) is 12.1 Å². The van der Waals surface area contributed by atoms with Crippen LogP contribution >= 0.6 is 0 Å². The number of amides is 2. The first-order valence-corrected chi connectivity index (χ1v) is 7.29. The summed E-state index contributed by atoms with van der Waals surface area (Å²) in [6, 6.07) is 3.02. The van der Waals surface area contributed by atoms with Crippen LogP contribution < -0.4 is 0 Å². The normalized spacial score (nSPS) is 14.8. The largest absolute Gasteiger partial charge is 0.417 e. The number of aromatic nitrogens is 2. The molecule has 1 aromatic carbocycles. The molecule has 2 amide bonds. The molecule has 0 N–H and O–H groups in total. The van der Waals surface area contributed by atoms with Crippen LogP contribution in [0.15, 0.2) is 22.6 Å². The molecule has 1 aliphatic heterocycles. The highest BCUT2D eigenvalue weighted by Crippen LogP contribution is 2.14. The molecule has 7 nitrogen and oxygen atoms in total. The van der Waals surface area contributed by atoms with Crippen molar-refractivity contribution in [1.82, 2.24) is 20.0 Å². The fourth-order valence-electron chi connectivity index (χ4n) is 2.44. The van der Waals surface area contributed by atoms with Crippen LogP contribution in [0.25, 0.3) is 0 Å². The van der Waals surface area contributed by atoms with Crippen molar-refractivity contribution in [3.63, 3.8) is 0 Å². The molecule has 1 fully saturated rings. The van der Waals surface area contributed by atoms with Crippen molar-refractivity contribution < 1.29 is 22.8 Å². The maximum Gasteiger partial charge on any atom is 0.311 e. The second-order valence-electron chi connectivity index (χ2n) is 5.34. The number of halogens is 2. The fourth-order valence-corrected chi connectivity index (χ4v) is 2.44. The minimum absolute atomic E-state index is 0.0706. The van der Waals surface area contributed by atoms with Crippen LogP contribution in [-0.2, 0) is 0 Å². The summed E-state index contributed by atoms with van der Waals surface area (Å²) in [5.41, 5.74) is 0.0706. The van der Waals surface area contributed by atoms with E-state index in [2.05, 4.69) is 10.2 Å². The van der Waals surface area contributed by atoms with E-state index in [-0.39, 0.29) is 37.6 Å². The lowest BCUT2D eigenvalue weighted by molar-refractivity contribution is 0.0512. The second-order valence-corrected chi connectivity index (χ2v) is 5.34. The molecule has 9 heteroatoms. The summed E-state index contributed by atoms with van der Waals surface area (Å²) in [4.78, 5) is 27.5. The minimum atomic E-state index is -1.07. The van der Waals surface area contributed by atoms with Gasteiger partial charge in [0, 0.05) is 38.7 Å². The molecular formula is C15H14F2N4O3. The molecule has 0 radical (unpaired) electrons. The molecule has 126 valence electrons. The Labute approximate surface area is 135 Å². The highest BCUT2D eigenvalue weighted by Gasteiger charge is 2.28. The monoisotopic (exact) mass is 336 g/mol. The van der Waals surface area contributed by atoms with Gasteiger partial charge < -0.3 is 14.2 Å². The number of carbonyl (C=O) groups is 2. The van der Waals surface area contributed by atoms with Crippen molar-refractivity contribution in [2.24, 2.45) is 0 Å². The average Bonchev–Trinajstić information content (AvgIpc) is 3.02. The van der Waals surface area contributed by atoms with Crippen LogP contribution in [0.1, 0.15) is 26.9 Å². The third-order valence-corrected chi connectivity index (χ3v) is 3.73. The zero-order valence-electron chi connectivity index (χ0n) is 12.8. The highest BCUT2D eigenvalue weighted by molar-refractivity contribution is 5.94. The molecule has 3 rings (SSSR count). The topological polar surface area (TPSA) is 79.5 Å². The Morgan fingerprint density at radius 2 is 1.62 bits per heavy atom. The molecule has 24 heavy (non-hydrogen) atoms. The van der Waals surface area contributed by atoms with E-state index in [1.165, 1.54) is 15.9 Å². The first-order chi connectivity index (χ1) is 11.5. The molecule has 1 aliphatic rings. The van der Waals surface area contributed by atoms with Gasteiger partial charge in [0.2, 0.25) is 5.89 Å². The number of rotatable bonds is 2. The van der Waals surface area contributed by atoms with E-state index in [1.807, 2.05) is 0 Å². The molecule has 0 unspecified atom stereocenters. The Bertz CT molecular complexity index is 785. The average molecular weight is 336 g/mol. The van der Waals surface area contributed by atoms with Gasteiger partial charge in [-0.15, -0.1) is 10.2 Å². The van der Waals surface area contributed by atoms with Gasteiger partial charge in [0.25, 0.3) is 5.91 Å². The summed E-state index contributed by atoms with van der Waals surface area (Å²) in [6.45, 7) is 2.71. The van der Waals surface area contributed by atoms with Crippen LogP contribution in [0, 0.1) is 18.6 Å². The molecule has 0 spiro atoms. The van der Waals surface area contributed by atoms with E-state index in [1.54, 1.807) is 6.92 Å². The number of carbonyl (C=O) groups excluding carboxylic acids is 2. The first-order valence-electron chi connectivity index (χ1n) is 7.29. The molecule has 1 aromatic heterocycles. The van der Waals surface area contributed by atoms with Gasteiger partial charge in [-0.05, 0) is 18.2 Å². The molecule has 0 saturated carbocycles. The number of piperazine rings is 1. The van der Waals surface area contributed by atoms with Gasteiger partial charge in [-0.1, -0.05) is 0 Å². The predicted molar refractivity (Wildman–Crippen MR) is 77.2 cm³/mol. The summed E-state index contributed by atoms with van der Waals surface area (Å²) >= 11 is 0. The van der Waals surface area contributed by atoms with Crippen molar-refractivity contribution in [3.05, 3.63) is 47.2 Å². The summed E-state index contributed by atoms with van der Waals surface area (Å²) in [5, 5.41) is 7.28. The molecule has 2 aromatic rings. The molecule has 1 saturated heterocycles. The molecular weight excluding hydrogens is 322 g/mol. The van der Waals surface area contributed by atoms with Crippen LogP contribution in [0.2, 0.25) is 0 Å². The Morgan fingerprint density at radius 3 is 2.17 bits per heavy atom. The molecule has 0 aliphatic carbocycles. The van der Waals surface area contributed by atoms with Crippen molar-refractivity contribution in [3.8, 4) is 0 Å². The predicted octanol–water partition coefficient (Wildman–Crippen LogP) is 1.25. The Hall–Kier alpha value is -2.84. The summed E-state index contributed by atoms with van der Waals surface area (Å²) < 4.78 is 31.3. The van der Waals surface area contributed by atoms with Crippen LogP contribution in [0.3, 0.4) is 0 Å². The first kappa shape index (κ1) is 16.0. The van der Waals surface area contributed by atoms with E-state index >= 15 is 0 Å². The van der Waals surface area contributed by atoms with Gasteiger partial charge in [-0.3, -0.25) is 9.59 Å². The van der Waals surface area contributed by atoms with Gasteiger partial charge in [-0.25, -0.2) is 8.78 Å².